The molecule has 0 aliphatic rings. The molecule has 15 heavy (non-hydrogen) atoms. The Kier molecular flexibility index (Phi) is 3.09. The second kappa shape index (κ2) is 3.98. The number of amides is 1. The minimum atomic E-state index is -0.621. The van der Waals surface area contributed by atoms with Gasteiger partial charge in [0.1, 0.15) is 0 Å². The van der Waals surface area contributed by atoms with Crippen LogP contribution in [-0.2, 0) is 4.79 Å². The van der Waals surface area contributed by atoms with Crippen molar-refractivity contribution in [2.75, 3.05) is 5.32 Å². The van der Waals surface area contributed by atoms with Gasteiger partial charge in [0.15, 0.2) is 5.82 Å². The van der Waals surface area contributed by atoms with Crippen LogP contribution in [0.5, 0.6) is 0 Å². The Hall–Kier alpha value is -1.43. The highest BCUT2D eigenvalue weighted by Gasteiger charge is 2.28. The van der Waals surface area contributed by atoms with Gasteiger partial charge in [-0.15, -0.1) is 0 Å². The Bertz CT molecular complexity index is 353. The van der Waals surface area contributed by atoms with Crippen LogP contribution in [0, 0.1) is 12.3 Å². The number of nitrogens with two attached hydrogens (primary N) is 1. The van der Waals surface area contributed by atoms with Gasteiger partial charge in [0.25, 0.3) is 0 Å². The molecule has 0 saturated carbocycles. The van der Waals surface area contributed by atoms with Gasteiger partial charge in [-0.05, 0) is 12.3 Å². The Balaban J connectivity index is 2.64. The molecule has 0 radical (unpaired) electrons. The van der Waals surface area contributed by atoms with Gasteiger partial charge in [-0.2, -0.15) is 4.98 Å². The topological polar surface area (TPSA) is 94.0 Å². The molecule has 0 unspecified atom stereocenters. The molecule has 1 rings (SSSR count). The van der Waals surface area contributed by atoms with Gasteiger partial charge >= 0.3 is 6.01 Å². The molecule has 0 fully saturated rings. The maximum atomic E-state index is 11.6. The maximum Gasteiger partial charge on any atom is 0.328 e. The van der Waals surface area contributed by atoms with Gasteiger partial charge in [0.2, 0.25) is 5.91 Å². The van der Waals surface area contributed by atoms with E-state index in [-0.39, 0.29) is 17.3 Å². The Morgan fingerprint density at radius 1 is 1.53 bits per heavy atom. The summed E-state index contributed by atoms with van der Waals surface area (Å²) in [5.41, 5.74) is 5.44. The van der Waals surface area contributed by atoms with Crippen molar-refractivity contribution in [2.24, 2.45) is 11.1 Å². The van der Waals surface area contributed by atoms with Crippen molar-refractivity contribution in [3.05, 3.63) is 5.82 Å². The summed E-state index contributed by atoms with van der Waals surface area (Å²) in [7, 11) is 0. The molecule has 0 spiro atoms. The Morgan fingerprint density at radius 2 is 2.13 bits per heavy atom. The van der Waals surface area contributed by atoms with E-state index in [0.717, 1.165) is 0 Å². The maximum absolute atomic E-state index is 11.6. The van der Waals surface area contributed by atoms with Crippen LogP contribution in [0.15, 0.2) is 4.52 Å². The van der Waals surface area contributed by atoms with E-state index >= 15 is 0 Å². The summed E-state index contributed by atoms with van der Waals surface area (Å²) in [5, 5.41) is 6.01. The lowest BCUT2D eigenvalue weighted by Crippen LogP contribution is -2.45. The number of hydrogen-bond donors (Lipinski definition) is 2. The molecule has 0 bridgehead atoms. The van der Waals surface area contributed by atoms with Crippen LogP contribution in [0.4, 0.5) is 6.01 Å². The second-order valence-electron chi connectivity index (χ2n) is 4.48. The van der Waals surface area contributed by atoms with Gasteiger partial charge in [-0.3, -0.25) is 10.1 Å². The molecule has 0 aliphatic heterocycles. The molecule has 0 saturated heterocycles. The van der Waals surface area contributed by atoms with Crippen LogP contribution in [0.2, 0.25) is 0 Å². The highest BCUT2D eigenvalue weighted by atomic mass is 16.5. The van der Waals surface area contributed by atoms with E-state index in [1.165, 1.54) is 0 Å². The lowest BCUT2D eigenvalue weighted by atomic mass is 9.87. The third-order valence-corrected chi connectivity index (χ3v) is 1.97. The molecule has 0 aromatic carbocycles. The number of hydrogen-bond acceptors (Lipinski definition) is 5. The van der Waals surface area contributed by atoms with Crippen LogP contribution >= 0.6 is 0 Å². The van der Waals surface area contributed by atoms with Crippen molar-refractivity contribution in [2.45, 2.75) is 33.7 Å². The van der Waals surface area contributed by atoms with Gasteiger partial charge in [0.05, 0.1) is 6.04 Å². The molecule has 1 atom stereocenters. The summed E-state index contributed by atoms with van der Waals surface area (Å²) >= 11 is 0. The summed E-state index contributed by atoms with van der Waals surface area (Å²) in [6.45, 7) is 7.33. The fourth-order valence-corrected chi connectivity index (χ4v) is 0.924. The minimum Gasteiger partial charge on any atom is -0.319 e. The van der Waals surface area contributed by atoms with Crippen molar-refractivity contribution in [1.29, 1.82) is 0 Å². The smallest absolute Gasteiger partial charge is 0.319 e. The number of carbonyl (C=O) groups is 1. The fraction of sp³-hybridized carbons (Fsp3) is 0.667. The Morgan fingerprint density at radius 3 is 2.53 bits per heavy atom. The summed E-state index contributed by atoms with van der Waals surface area (Å²) in [6, 6.07) is -0.540. The van der Waals surface area contributed by atoms with Gasteiger partial charge < -0.3 is 10.3 Å². The first-order valence-corrected chi connectivity index (χ1v) is 4.67. The lowest BCUT2D eigenvalue weighted by Gasteiger charge is -2.24. The summed E-state index contributed by atoms with van der Waals surface area (Å²) in [6.07, 6.45) is 0. The van der Waals surface area contributed by atoms with Crippen molar-refractivity contribution in [3.63, 3.8) is 0 Å². The first-order valence-electron chi connectivity index (χ1n) is 4.67. The normalized spacial score (nSPS) is 13.7. The van der Waals surface area contributed by atoms with E-state index in [1.807, 2.05) is 20.8 Å². The van der Waals surface area contributed by atoms with E-state index in [4.69, 9.17) is 10.3 Å². The van der Waals surface area contributed by atoms with Crippen LogP contribution < -0.4 is 11.1 Å². The van der Waals surface area contributed by atoms with E-state index < -0.39 is 6.04 Å². The predicted molar refractivity (Wildman–Crippen MR) is 55.1 cm³/mol. The van der Waals surface area contributed by atoms with Crippen LogP contribution in [0.3, 0.4) is 0 Å². The van der Waals surface area contributed by atoms with E-state index in [9.17, 15) is 4.79 Å². The largest absolute Gasteiger partial charge is 0.328 e. The monoisotopic (exact) mass is 212 g/mol. The predicted octanol–water partition coefficient (Wildman–Crippen LogP) is 0.690. The van der Waals surface area contributed by atoms with Crippen LogP contribution in [0.1, 0.15) is 26.6 Å². The number of aromatic nitrogens is 2. The number of aryl methyl sites for hydroxylation is 1. The van der Waals surface area contributed by atoms with Crippen molar-refractivity contribution in [3.8, 4) is 0 Å². The third-order valence-electron chi connectivity index (χ3n) is 1.97. The first kappa shape index (κ1) is 11.6. The molecular weight excluding hydrogens is 196 g/mol. The summed E-state index contributed by atoms with van der Waals surface area (Å²) < 4.78 is 4.75. The SMILES string of the molecule is Cc1noc(NC(=O)[C@H](N)C(C)(C)C)n1. The van der Waals surface area contributed by atoms with Gasteiger partial charge in [-0.25, -0.2) is 0 Å². The van der Waals surface area contributed by atoms with E-state index in [0.29, 0.717) is 5.82 Å². The molecule has 6 heteroatoms. The number of rotatable bonds is 2. The highest BCUT2D eigenvalue weighted by molar-refractivity contribution is 5.93. The molecule has 3 N–H and O–H groups in total. The average molecular weight is 212 g/mol. The molecule has 0 aliphatic carbocycles. The van der Waals surface area contributed by atoms with Crippen LogP contribution in [-0.4, -0.2) is 22.1 Å². The molecule has 84 valence electrons. The molecule has 1 aromatic rings. The molecule has 6 nitrogen and oxygen atoms in total. The standard InChI is InChI=1S/C9H16N4O2/c1-5-11-8(15-13-5)12-7(14)6(10)9(2,3)4/h6H,10H2,1-4H3,(H,11,12,13,14)/t6-/m0/s1. The van der Waals surface area contributed by atoms with Crippen molar-refractivity contribution < 1.29 is 9.32 Å². The number of nitrogens with zero attached hydrogens (tertiary/aromatic N) is 2. The lowest BCUT2D eigenvalue weighted by molar-refractivity contribution is -0.119. The minimum absolute atomic E-state index is 0.0807. The number of anilines is 1. The van der Waals surface area contributed by atoms with Crippen molar-refractivity contribution in [1.82, 2.24) is 10.1 Å². The number of carbonyl (C=O) groups excluding carboxylic acids is 1. The van der Waals surface area contributed by atoms with Gasteiger partial charge in [0, 0.05) is 0 Å². The summed E-state index contributed by atoms with van der Waals surface area (Å²) in [5.74, 6) is 0.140. The molecule has 1 aromatic heterocycles. The molecule has 1 amide bonds. The first-order chi connectivity index (χ1) is 6.80. The van der Waals surface area contributed by atoms with Crippen LogP contribution in [0.25, 0.3) is 0 Å². The molecular formula is C9H16N4O2. The average Bonchev–Trinajstić information content (AvgIpc) is 2.48. The molecule has 1 heterocycles. The quantitative estimate of drug-likeness (QED) is 0.752. The number of nitrogens with one attached hydrogen (secondary N) is 1. The fourth-order valence-electron chi connectivity index (χ4n) is 0.924. The van der Waals surface area contributed by atoms with Gasteiger partial charge in [-0.1, -0.05) is 25.9 Å². The highest BCUT2D eigenvalue weighted by Crippen LogP contribution is 2.18. The summed E-state index contributed by atoms with van der Waals surface area (Å²) in [4.78, 5) is 15.5. The Labute approximate surface area is 88.2 Å². The van der Waals surface area contributed by atoms with Crippen molar-refractivity contribution >= 4 is 11.9 Å². The third kappa shape index (κ3) is 3.02. The zero-order valence-electron chi connectivity index (χ0n) is 9.37. The van der Waals surface area contributed by atoms with E-state index in [1.54, 1.807) is 6.92 Å². The van der Waals surface area contributed by atoms with E-state index in [2.05, 4.69) is 15.5 Å². The second-order valence-corrected chi connectivity index (χ2v) is 4.48. The zero-order chi connectivity index (χ0) is 11.6. The zero-order valence-corrected chi connectivity index (χ0v) is 9.37.